The summed E-state index contributed by atoms with van der Waals surface area (Å²) in [6, 6.07) is 5.63. The summed E-state index contributed by atoms with van der Waals surface area (Å²) in [5, 5.41) is 0.298. The van der Waals surface area contributed by atoms with E-state index in [0.29, 0.717) is 30.6 Å². The summed E-state index contributed by atoms with van der Waals surface area (Å²) in [5.41, 5.74) is -0.977. The summed E-state index contributed by atoms with van der Waals surface area (Å²) < 4.78 is 35.2. The van der Waals surface area contributed by atoms with Crippen LogP contribution in [0.25, 0.3) is 22.3 Å². The summed E-state index contributed by atoms with van der Waals surface area (Å²) in [4.78, 5) is 39.1. The molecule has 1 aromatic carbocycles. The molecule has 1 N–H and O–H groups in total. The van der Waals surface area contributed by atoms with E-state index in [-0.39, 0.29) is 28.8 Å². The summed E-state index contributed by atoms with van der Waals surface area (Å²) >= 11 is 0. The summed E-state index contributed by atoms with van der Waals surface area (Å²) in [6.45, 7) is 9.92. The maximum atomic E-state index is 15.2. The monoisotopic (exact) mass is 471 g/mol. The fraction of sp³-hybridized carbons (Fsp3) is 0.417. The normalized spacial score (nSPS) is 16.7. The Bertz CT molecular complexity index is 1320. The van der Waals surface area contributed by atoms with Gasteiger partial charge < -0.3 is 14.5 Å². The number of carbonyl (C=O) groups is 1. The van der Waals surface area contributed by atoms with Crippen LogP contribution < -0.4 is 10.6 Å². The molecule has 1 aliphatic rings. The highest BCUT2D eigenvalue weighted by Gasteiger charge is 2.32. The van der Waals surface area contributed by atoms with Crippen molar-refractivity contribution in [1.82, 2.24) is 19.9 Å². The van der Waals surface area contributed by atoms with E-state index >= 15 is 4.39 Å². The third-order valence-electron chi connectivity index (χ3n) is 5.65. The first-order valence-electron chi connectivity index (χ1n) is 11.0. The van der Waals surface area contributed by atoms with E-state index in [4.69, 9.17) is 4.74 Å². The number of fused-ring (bicyclic) bond motifs is 1. The van der Waals surface area contributed by atoms with E-state index in [2.05, 4.69) is 15.0 Å². The lowest BCUT2D eigenvalue weighted by atomic mass is 10.1. The van der Waals surface area contributed by atoms with E-state index in [9.17, 15) is 14.0 Å². The maximum absolute atomic E-state index is 15.2. The van der Waals surface area contributed by atoms with Crippen molar-refractivity contribution >= 4 is 22.9 Å². The van der Waals surface area contributed by atoms with Gasteiger partial charge in [-0.3, -0.25) is 4.98 Å². The minimum atomic E-state index is -0.729. The average Bonchev–Trinajstić information content (AvgIpc) is 2.74. The fourth-order valence-electron chi connectivity index (χ4n) is 4.04. The third-order valence-corrected chi connectivity index (χ3v) is 5.65. The summed E-state index contributed by atoms with van der Waals surface area (Å²) in [7, 11) is 0. The molecule has 3 aromatic rings. The average molecular weight is 472 g/mol. The number of rotatable bonds is 2. The Hall–Kier alpha value is -3.56. The smallest absolute Gasteiger partial charge is 0.410 e. The molecule has 1 aliphatic heterocycles. The van der Waals surface area contributed by atoms with Gasteiger partial charge in [-0.05, 0) is 52.3 Å². The number of ether oxygens (including phenoxy) is 1. The predicted molar refractivity (Wildman–Crippen MR) is 125 cm³/mol. The molecule has 0 spiro atoms. The van der Waals surface area contributed by atoms with E-state index in [0.717, 1.165) is 0 Å². The molecule has 180 valence electrons. The molecule has 10 heteroatoms. The number of amides is 1. The quantitative estimate of drug-likeness (QED) is 0.607. The van der Waals surface area contributed by atoms with Gasteiger partial charge in [0.1, 0.15) is 34.4 Å². The molecular weight excluding hydrogens is 444 g/mol. The molecular formula is C24H27F2N5O3. The Morgan fingerprint density at radius 1 is 1.21 bits per heavy atom. The van der Waals surface area contributed by atoms with Crippen molar-refractivity contribution < 1.29 is 18.3 Å². The van der Waals surface area contributed by atoms with Crippen LogP contribution in [0.5, 0.6) is 0 Å². The standard InChI is InChI=1S/C24H27F2N5O3/c1-13-7-6-8-15(18(13)26)19-17(25)11-16-20(27-19)28-22(32)29-21(16)31-10-9-30(12-14(31)2)23(33)34-24(3,4)5/h6-8,11,14H,9-10,12H2,1-5H3,(H,27,28,29,32)/t14-/m0/s1. The van der Waals surface area contributed by atoms with Crippen molar-refractivity contribution in [3.8, 4) is 11.3 Å². The Morgan fingerprint density at radius 2 is 1.94 bits per heavy atom. The zero-order valence-electron chi connectivity index (χ0n) is 19.8. The molecule has 0 saturated carbocycles. The van der Waals surface area contributed by atoms with E-state index in [1.807, 2.05) is 11.8 Å². The van der Waals surface area contributed by atoms with Gasteiger partial charge in [0.25, 0.3) is 0 Å². The predicted octanol–water partition coefficient (Wildman–Crippen LogP) is 4.02. The number of hydrogen-bond donors (Lipinski definition) is 1. The molecule has 1 fully saturated rings. The number of halogens is 2. The topological polar surface area (TPSA) is 91.4 Å². The van der Waals surface area contributed by atoms with Gasteiger partial charge in [0.05, 0.1) is 5.39 Å². The molecule has 0 radical (unpaired) electrons. The van der Waals surface area contributed by atoms with Crippen molar-refractivity contribution in [3.63, 3.8) is 0 Å². The Morgan fingerprint density at radius 3 is 2.62 bits per heavy atom. The SMILES string of the molecule is Cc1cccc(-c2nc3[nH]c(=O)nc(N4CCN(C(=O)OC(C)(C)C)C[C@@H]4C)c3cc2F)c1F. The molecule has 4 rings (SSSR count). The van der Waals surface area contributed by atoms with Gasteiger partial charge in [0, 0.05) is 31.2 Å². The Labute approximate surface area is 195 Å². The second-order valence-corrected chi connectivity index (χ2v) is 9.49. The fourth-order valence-corrected chi connectivity index (χ4v) is 4.04. The molecule has 2 aromatic heterocycles. The minimum absolute atomic E-state index is 0.0120. The zero-order valence-corrected chi connectivity index (χ0v) is 19.8. The van der Waals surface area contributed by atoms with Crippen molar-refractivity contribution in [2.24, 2.45) is 0 Å². The number of carbonyl (C=O) groups excluding carboxylic acids is 1. The Kier molecular flexibility index (Phi) is 6.01. The van der Waals surface area contributed by atoms with Crippen molar-refractivity contribution in [1.29, 1.82) is 0 Å². The van der Waals surface area contributed by atoms with Crippen molar-refractivity contribution in [3.05, 3.63) is 51.9 Å². The first kappa shape index (κ1) is 23.6. The lowest BCUT2D eigenvalue weighted by Gasteiger charge is -2.40. The second-order valence-electron chi connectivity index (χ2n) is 9.49. The number of aromatic nitrogens is 3. The van der Waals surface area contributed by atoms with Gasteiger partial charge in [-0.1, -0.05) is 12.1 Å². The van der Waals surface area contributed by atoms with Gasteiger partial charge in [-0.15, -0.1) is 0 Å². The van der Waals surface area contributed by atoms with Crippen LogP contribution in [0.15, 0.2) is 29.1 Å². The first-order chi connectivity index (χ1) is 15.9. The van der Waals surface area contributed by atoms with Crippen LogP contribution in [-0.2, 0) is 4.74 Å². The molecule has 3 heterocycles. The number of nitrogens with zero attached hydrogens (tertiary/aromatic N) is 4. The molecule has 0 unspecified atom stereocenters. The maximum Gasteiger partial charge on any atom is 0.410 e. The van der Waals surface area contributed by atoms with Crippen LogP contribution in [0.4, 0.5) is 19.4 Å². The Balaban J connectivity index is 1.70. The number of nitrogens with one attached hydrogen (secondary N) is 1. The summed E-state index contributed by atoms with van der Waals surface area (Å²) in [6.07, 6.45) is -0.416. The van der Waals surface area contributed by atoms with Crippen LogP contribution in [0.3, 0.4) is 0 Å². The van der Waals surface area contributed by atoms with Crippen LogP contribution in [-0.4, -0.2) is 57.2 Å². The molecule has 0 bridgehead atoms. The van der Waals surface area contributed by atoms with Crippen LogP contribution in [0, 0.1) is 18.6 Å². The van der Waals surface area contributed by atoms with E-state index < -0.39 is 29.0 Å². The third kappa shape index (κ3) is 4.57. The minimum Gasteiger partial charge on any atom is -0.444 e. The highest BCUT2D eigenvalue weighted by molar-refractivity contribution is 5.89. The molecule has 34 heavy (non-hydrogen) atoms. The van der Waals surface area contributed by atoms with Crippen LogP contribution in [0.2, 0.25) is 0 Å². The summed E-state index contributed by atoms with van der Waals surface area (Å²) in [5.74, 6) is -1.04. The highest BCUT2D eigenvalue weighted by atomic mass is 19.1. The van der Waals surface area contributed by atoms with Gasteiger partial charge in [-0.25, -0.2) is 23.4 Å². The number of aromatic amines is 1. The largest absolute Gasteiger partial charge is 0.444 e. The van der Waals surface area contributed by atoms with E-state index in [1.54, 1.807) is 44.7 Å². The first-order valence-corrected chi connectivity index (χ1v) is 11.0. The van der Waals surface area contributed by atoms with Crippen molar-refractivity contribution in [2.75, 3.05) is 24.5 Å². The number of pyridine rings is 1. The molecule has 8 nitrogen and oxygen atoms in total. The second kappa shape index (κ2) is 8.66. The number of piperazine rings is 1. The van der Waals surface area contributed by atoms with Gasteiger partial charge in [0.15, 0.2) is 0 Å². The lowest BCUT2D eigenvalue weighted by Crippen LogP contribution is -2.55. The highest BCUT2D eigenvalue weighted by Crippen LogP contribution is 2.31. The number of anilines is 1. The molecule has 0 aliphatic carbocycles. The lowest BCUT2D eigenvalue weighted by molar-refractivity contribution is 0.0218. The number of H-pyrrole nitrogens is 1. The van der Waals surface area contributed by atoms with Gasteiger partial charge in [0.2, 0.25) is 0 Å². The van der Waals surface area contributed by atoms with Gasteiger partial charge >= 0.3 is 11.8 Å². The number of benzene rings is 1. The number of aryl methyl sites for hydroxylation is 1. The zero-order chi connectivity index (χ0) is 24.8. The van der Waals surface area contributed by atoms with Crippen LogP contribution >= 0.6 is 0 Å². The van der Waals surface area contributed by atoms with E-state index in [1.165, 1.54) is 12.1 Å². The number of hydrogen-bond acceptors (Lipinski definition) is 6. The van der Waals surface area contributed by atoms with Crippen molar-refractivity contribution in [2.45, 2.75) is 46.3 Å². The molecule has 1 amide bonds. The van der Waals surface area contributed by atoms with Gasteiger partial charge in [-0.2, -0.15) is 4.98 Å². The van der Waals surface area contributed by atoms with Crippen LogP contribution in [0.1, 0.15) is 33.3 Å². The molecule has 1 atom stereocenters. The molecule has 1 saturated heterocycles.